The van der Waals surface area contributed by atoms with Crippen LogP contribution in [-0.4, -0.2) is 49.3 Å². The molecule has 0 bridgehead atoms. The highest BCUT2D eigenvalue weighted by Crippen LogP contribution is 2.38. The molecule has 0 aliphatic carbocycles. The molecule has 7 nitrogen and oxygen atoms in total. The van der Waals surface area contributed by atoms with Crippen molar-refractivity contribution in [3.63, 3.8) is 0 Å². The van der Waals surface area contributed by atoms with E-state index < -0.39 is 17.9 Å². The summed E-state index contributed by atoms with van der Waals surface area (Å²) in [5, 5.41) is 0. The van der Waals surface area contributed by atoms with Crippen molar-refractivity contribution in [2.75, 3.05) is 26.4 Å². The molecule has 2 aromatic rings. The molecule has 36 heavy (non-hydrogen) atoms. The van der Waals surface area contributed by atoms with Crippen molar-refractivity contribution in [3.05, 3.63) is 89.3 Å². The first-order valence-electron chi connectivity index (χ1n) is 12.5. The van der Waals surface area contributed by atoms with Gasteiger partial charge in [0.05, 0.1) is 36.4 Å². The Bertz CT molecular complexity index is 1050. The largest absolute Gasteiger partial charge is 0.489 e. The molecule has 0 saturated carbocycles. The minimum Gasteiger partial charge on any atom is -0.489 e. The third-order valence-electron chi connectivity index (χ3n) is 6.15. The zero-order valence-corrected chi connectivity index (χ0v) is 20.9. The zero-order chi connectivity index (χ0) is 25.3. The average Bonchev–Trinajstić information content (AvgIpc) is 3.41. The second-order valence-electron chi connectivity index (χ2n) is 8.72. The summed E-state index contributed by atoms with van der Waals surface area (Å²) < 4.78 is 22.5. The number of esters is 2. The smallest absolute Gasteiger partial charge is 0.336 e. The molecule has 0 spiro atoms. The molecule has 2 aliphatic heterocycles. The fraction of sp³-hybridized carbons (Fsp3) is 0.379. The second-order valence-corrected chi connectivity index (χ2v) is 8.72. The molecule has 0 unspecified atom stereocenters. The number of nitrogens with zero attached hydrogens (tertiary/aromatic N) is 1. The number of carbonyl (C=O) groups excluding carboxylic acids is 2. The SMILES string of the molecule is CCOC(=O)C1=CN(C[C@H]2CCCO2)C=C(C(=O)OCC)C1c1ccc(OCc2ccccc2)cc1. The van der Waals surface area contributed by atoms with Crippen LogP contribution in [0.2, 0.25) is 0 Å². The maximum absolute atomic E-state index is 13.1. The first kappa shape index (κ1) is 25.5. The van der Waals surface area contributed by atoms with E-state index in [4.69, 9.17) is 18.9 Å². The quantitative estimate of drug-likeness (QED) is 0.445. The molecule has 190 valence electrons. The van der Waals surface area contributed by atoms with E-state index in [0.29, 0.717) is 30.0 Å². The normalized spacial score (nSPS) is 17.8. The third-order valence-corrected chi connectivity index (χ3v) is 6.15. The van der Waals surface area contributed by atoms with Crippen molar-refractivity contribution in [2.24, 2.45) is 0 Å². The number of carbonyl (C=O) groups is 2. The van der Waals surface area contributed by atoms with Crippen LogP contribution in [0.1, 0.15) is 43.7 Å². The van der Waals surface area contributed by atoms with Crippen LogP contribution in [-0.2, 0) is 30.4 Å². The van der Waals surface area contributed by atoms with Gasteiger partial charge in [-0.25, -0.2) is 9.59 Å². The number of benzene rings is 2. The summed E-state index contributed by atoms with van der Waals surface area (Å²) in [6.07, 6.45) is 5.53. The highest BCUT2D eigenvalue weighted by molar-refractivity contribution is 5.98. The van der Waals surface area contributed by atoms with Gasteiger partial charge >= 0.3 is 11.9 Å². The van der Waals surface area contributed by atoms with Crippen molar-refractivity contribution < 1.29 is 28.5 Å². The maximum Gasteiger partial charge on any atom is 0.336 e. The van der Waals surface area contributed by atoms with Crippen molar-refractivity contribution >= 4 is 11.9 Å². The lowest BCUT2D eigenvalue weighted by Crippen LogP contribution is -2.32. The highest BCUT2D eigenvalue weighted by atomic mass is 16.5. The van der Waals surface area contributed by atoms with E-state index in [0.717, 1.165) is 30.6 Å². The van der Waals surface area contributed by atoms with Crippen molar-refractivity contribution in [3.8, 4) is 5.75 Å². The minimum absolute atomic E-state index is 0.0435. The topological polar surface area (TPSA) is 74.3 Å². The average molecular weight is 492 g/mol. The molecule has 1 fully saturated rings. The van der Waals surface area contributed by atoms with Crippen LogP contribution in [0, 0.1) is 0 Å². The van der Waals surface area contributed by atoms with Gasteiger partial charge in [0, 0.05) is 25.6 Å². The maximum atomic E-state index is 13.1. The van der Waals surface area contributed by atoms with Crippen LogP contribution >= 0.6 is 0 Å². The molecule has 7 heteroatoms. The van der Waals surface area contributed by atoms with Gasteiger partial charge in [-0.15, -0.1) is 0 Å². The Balaban J connectivity index is 1.61. The first-order chi connectivity index (χ1) is 17.6. The zero-order valence-electron chi connectivity index (χ0n) is 20.9. The van der Waals surface area contributed by atoms with E-state index in [2.05, 4.69) is 0 Å². The summed E-state index contributed by atoms with van der Waals surface area (Å²) in [5.41, 5.74) is 2.62. The summed E-state index contributed by atoms with van der Waals surface area (Å²) in [6, 6.07) is 17.4. The van der Waals surface area contributed by atoms with Gasteiger partial charge in [0.25, 0.3) is 0 Å². The summed E-state index contributed by atoms with van der Waals surface area (Å²) in [7, 11) is 0. The molecule has 1 saturated heterocycles. The summed E-state index contributed by atoms with van der Waals surface area (Å²) in [4.78, 5) is 28.0. The molecule has 0 radical (unpaired) electrons. The second kappa shape index (κ2) is 12.4. The monoisotopic (exact) mass is 491 g/mol. The third kappa shape index (κ3) is 6.34. The van der Waals surface area contributed by atoms with Crippen LogP contribution < -0.4 is 4.74 Å². The van der Waals surface area contributed by atoms with Crippen molar-refractivity contribution in [1.82, 2.24) is 4.90 Å². The molecule has 0 N–H and O–H groups in total. The van der Waals surface area contributed by atoms with Crippen molar-refractivity contribution in [2.45, 2.75) is 45.3 Å². The molecule has 2 aromatic carbocycles. The molecular weight excluding hydrogens is 458 g/mol. The summed E-state index contributed by atoms with van der Waals surface area (Å²) >= 11 is 0. The van der Waals surface area contributed by atoms with E-state index in [1.165, 1.54) is 0 Å². The number of ether oxygens (including phenoxy) is 4. The molecule has 4 rings (SSSR count). The molecule has 1 atom stereocenters. The van der Waals surface area contributed by atoms with Crippen LogP contribution in [0.4, 0.5) is 0 Å². The van der Waals surface area contributed by atoms with E-state index in [9.17, 15) is 9.59 Å². The van der Waals surface area contributed by atoms with E-state index in [1.54, 1.807) is 26.2 Å². The van der Waals surface area contributed by atoms with Crippen molar-refractivity contribution in [1.29, 1.82) is 0 Å². The Morgan fingerprint density at radius 2 is 1.56 bits per heavy atom. The van der Waals surface area contributed by atoms with Gasteiger partial charge in [-0.05, 0) is 49.9 Å². The van der Waals surface area contributed by atoms with Crippen LogP contribution in [0.15, 0.2) is 78.1 Å². The molecule has 2 aliphatic rings. The highest BCUT2D eigenvalue weighted by Gasteiger charge is 2.36. The van der Waals surface area contributed by atoms with Gasteiger partial charge in [0.2, 0.25) is 0 Å². The first-order valence-corrected chi connectivity index (χ1v) is 12.5. The Morgan fingerprint density at radius 3 is 2.11 bits per heavy atom. The number of hydrogen-bond acceptors (Lipinski definition) is 7. The van der Waals surface area contributed by atoms with Gasteiger partial charge in [-0.3, -0.25) is 0 Å². The van der Waals surface area contributed by atoms with E-state index in [-0.39, 0.29) is 19.3 Å². The molecule has 0 amide bonds. The number of rotatable bonds is 10. The van der Waals surface area contributed by atoms with Crippen LogP contribution in [0.25, 0.3) is 0 Å². The molecule has 2 heterocycles. The molecular formula is C29H33NO6. The Kier molecular flexibility index (Phi) is 8.79. The van der Waals surface area contributed by atoms with Gasteiger partial charge in [-0.1, -0.05) is 42.5 Å². The number of hydrogen-bond donors (Lipinski definition) is 0. The predicted molar refractivity (Wildman–Crippen MR) is 135 cm³/mol. The Labute approximate surface area is 212 Å². The minimum atomic E-state index is -0.619. The standard InChI is InChI=1S/C29H33NO6/c1-3-33-28(31)25-18-30(17-24-11-8-16-35-24)19-26(29(32)34-4-2)27(25)22-12-14-23(15-13-22)36-20-21-9-6-5-7-10-21/h5-7,9-10,12-15,18-19,24,27H,3-4,8,11,16-17,20H2,1-2H3/t24-/m1/s1. The van der Waals surface area contributed by atoms with Gasteiger partial charge in [-0.2, -0.15) is 0 Å². The fourth-order valence-electron chi connectivity index (χ4n) is 4.47. The summed E-state index contributed by atoms with van der Waals surface area (Å²) in [5.74, 6) is -0.841. The van der Waals surface area contributed by atoms with E-state index in [1.807, 2.05) is 59.5 Å². The van der Waals surface area contributed by atoms with Crippen LogP contribution in [0.5, 0.6) is 5.75 Å². The summed E-state index contributed by atoms with van der Waals surface area (Å²) in [6.45, 7) is 5.72. The van der Waals surface area contributed by atoms with Gasteiger partial charge in [0.1, 0.15) is 12.4 Å². The predicted octanol–water partition coefficient (Wildman–Crippen LogP) is 4.74. The fourth-order valence-corrected chi connectivity index (χ4v) is 4.47. The van der Waals surface area contributed by atoms with Gasteiger partial charge < -0.3 is 23.8 Å². The lowest BCUT2D eigenvalue weighted by atomic mass is 9.83. The lowest BCUT2D eigenvalue weighted by molar-refractivity contribution is -0.139. The lowest BCUT2D eigenvalue weighted by Gasteiger charge is -2.31. The molecule has 0 aromatic heterocycles. The van der Waals surface area contributed by atoms with Gasteiger partial charge in [0.15, 0.2) is 0 Å². The Hall–Kier alpha value is -3.58. The van der Waals surface area contributed by atoms with Crippen LogP contribution in [0.3, 0.4) is 0 Å². The van der Waals surface area contributed by atoms with E-state index >= 15 is 0 Å². The Morgan fingerprint density at radius 1 is 0.917 bits per heavy atom.